The van der Waals surface area contributed by atoms with Crippen molar-refractivity contribution in [1.82, 2.24) is 4.98 Å². The second-order valence-electron chi connectivity index (χ2n) is 4.16. The van der Waals surface area contributed by atoms with Crippen molar-refractivity contribution in [3.63, 3.8) is 0 Å². The predicted octanol–water partition coefficient (Wildman–Crippen LogP) is 0.682. The SMILES string of the molecule is COC(=O)C(C(=O)OC)C(C[N+](=O)[O-])c1c(F)cncc1F. The van der Waals surface area contributed by atoms with E-state index in [2.05, 4.69) is 14.5 Å². The number of aromatic nitrogens is 1. The summed E-state index contributed by atoms with van der Waals surface area (Å²) in [5, 5.41) is 10.8. The minimum atomic E-state index is -1.88. The van der Waals surface area contributed by atoms with E-state index in [1.165, 1.54) is 0 Å². The highest BCUT2D eigenvalue weighted by Crippen LogP contribution is 2.31. The predicted molar refractivity (Wildman–Crippen MR) is 66.3 cm³/mol. The Kier molecular flexibility index (Phi) is 5.84. The molecule has 1 aromatic heterocycles. The molecule has 1 heterocycles. The second-order valence-corrected chi connectivity index (χ2v) is 4.16. The molecule has 120 valence electrons. The third-order valence-electron chi connectivity index (χ3n) is 2.92. The number of carbonyl (C=O) groups is 2. The van der Waals surface area contributed by atoms with Crippen LogP contribution in [-0.2, 0) is 19.1 Å². The fraction of sp³-hybridized carbons (Fsp3) is 0.417. The van der Waals surface area contributed by atoms with E-state index in [-0.39, 0.29) is 0 Å². The van der Waals surface area contributed by atoms with Crippen molar-refractivity contribution in [2.75, 3.05) is 20.8 Å². The fourth-order valence-electron chi connectivity index (χ4n) is 1.98. The van der Waals surface area contributed by atoms with Gasteiger partial charge in [-0.3, -0.25) is 24.7 Å². The number of nitro groups is 1. The first-order valence-electron chi connectivity index (χ1n) is 5.89. The van der Waals surface area contributed by atoms with Crippen LogP contribution in [0.15, 0.2) is 12.4 Å². The van der Waals surface area contributed by atoms with Crippen LogP contribution in [0.5, 0.6) is 0 Å². The van der Waals surface area contributed by atoms with Crippen LogP contribution in [0.2, 0.25) is 0 Å². The Morgan fingerprint density at radius 1 is 1.23 bits per heavy atom. The number of halogens is 2. The molecule has 1 atom stereocenters. The van der Waals surface area contributed by atoms with Crippen molar-refractivity contribution < 1.29 is 32.8 Å². The molecule has 0 aliphatic carbocycles. The Morgan fingerprint density at radius 2 is 1.68 bits per heavy atom. The summed E-state index contributed by atoms with van der Waals surface area (Å²) in [6.45, 7) is -1.08. The number of pyridine rings is 1. The summed E-state index contributed by atoms with van der Waals surface area (Å²) in [6.07, 6.45) is 1.24. The molecule has 1 aromatic rings. The zero-order valence-corrected chi connectivity index (χ0v) is 11.6. The summed E-state index contributed by atoms with van der Waals surface area (Å²) in [5.41, 5.74) is -0.799. The van der Waals surface area contributed by atoms with E-state index < -0.39 is 52.4 Å². The standard InChI is InChI=1S/C12H12F2N2O6/c1-21-11(17)10(12(18)22-2)6(5-16(19)20)9-7(13)3-15-4-8(9)14/h3-4,6,10H,5H2,1-2H3. The van der Waals surface area contributed by atoms with Gasteiger partial charge in [-0.25, -0.2) is 8.78 Å². The van der Waals surface area contributed by atoms with Gasteiger partial charge in [-0.15, -0.1) is 0 Å². The molecule has 0 aliphatic rings. The number of esters is 2. The van der Waals surface area contributed by atoms with Gasteiger partial charge in [-0.05, 0) is 0 Å². The van der Waals surface area contributed by atoms with E-state index in [0.717, 1.165) is 14.2 Å². The highest BCUT2D eigenvalue weighted by molar-refractivity contribution is 5.96. The molecule has 0 spiro atoms. The Labute approximate surface area is 123 Å². The average Bonchev–Trinajstić information content (AvgIpc) is 2.45. The summed E-state index contributed by atoms with van der Waals surface area (Å²) in [5.74, 6) is -8.46. The highest BCUT2D eigenvalue weighted by atomic mass is 19.1. The Hall–Kier alpha value is -2.65. The molecule has 0 aromatic carbocycles. The van der Waals surface area contributed by atoms with Crippen molar-refractivity contribution >= 4 is 11.9 Å². The second kappa shape index (κ2) is 7.38. The van der Waals surface area contributed by atoms with Crippen molar-refractivity contribution in [2.24, 2.45) is 5.92 Å². The largest absolute Gasteiger partial charge is 0.468 e. The molecular formula is C12H12F2N2O6. The summed E-state index contributed by atoms with van der Waals surface area (Å²) in [6, 6.07) is 0. The van der Waals surface area contributed by atoms with Crippen LogP contribution >= 0.6 is 0 Å². The number of rotatable bonds is 6. The minimum Gasteiger partial charge on any atom is -0.468 e. The lowest BCUT2D eigenvalue weighted by Gasteiger charge is -2.21. The van der Waals surface area contributed by atoms with Crippen LogP contribution in [-0.4, -0.2) is 42.6 Å². The Balaban J connectivity index is 3.46. The monoisotopic (exact) mass is 318 g/mol. The molecule has 0 aliphatic heterocycles. The van der Waals surface area contributed by atoms with Gasteiger partial charge in [0.25, 0.3) is 0 Å². The summed E-state index contributed by atoms with van der Waals surface area (Å²) < 4.78 is 36.4. The maximum Gasteiger partial charge on any atom is 0.320 e. The van der Waals surface area contributed by atoms with E-state index >= 15 is 0 Å². The molecule has 0 saturated carbocycles. The van der Waals surface area contributed by atoms with Crippen LogP contribution in [0.4, 0.5) is 8.78 Å². The Morgan fingerprint density at radius 3 is 2.05 bits per heavy atom. The quantitative estimate of drug-likeness (QED) is 0.328. The van der Waals surface area contributed by atoms with Gasteiger partial charge in [0.15, 0.2) is 5.92 Å². The van der Waals surface area contributed by atoms with Gasteiger partial charge in [0.05, 0.1) is 32.5 Å². The van der Waals surface area contributed by atoms with E-state index in [0.29, 0.717) is 12.4 Å². The van der Waals surface area contributed by atoms with Crippen LogP contribution in [0.25, 0.3) is 0 Å². The zero-order valence-electron chi connectivity index (χ0n) is 11.6. The van der Waals surface area contributed by atoms with Gasteiger partial charge in [0.2, 0.25) is 6.54 Å². The third kappa shape index (κ3) is 3.71. The number of hydrogen-bond donors (Lipinski definition) is 0. The minimum absolute atomic E-state index is 0.622. The first-order valence-corrected chi connectivity index (χ1v) is 5.89. The lowest BCUT2D eigenvalue weighted by molar-refractivity contribution is -0.484. The number of nitrogens with zero attached hydrogens (tertiary/aromatic N) is 2. The van der Waals surface area contributed by atoms with Crippen molar-refractivity contribution in [1.29, 1.82) is 0 Å². The maximum absolute atomic E-state index is 13.8. The molecule has 0 bridgehead atoms. The van der Waals surface area contributed by atoms with E-state index in [4.69, 9.17) is 0 Å². The van der Waals surface area contributed by atoms with Gasteiger partial charge in [-0.1, -0.05) is 0 Å². The molecule has 1 rings (SSSR count). The topological polar surface area (TPSA) is 109 Å². The molecule has 8 nitrogen and oxygen atoms in total. The van der Waals surface area contributed by atoms with Gasteiger partial charge < -0.3 is 9.47 Å². The molecule has 0 fully saturated rings. The molecule has 0 saturated heterocycles. The Bertz CT molecular complexity index is 559. The number of ether oxygens (including phenoxy) is 2. The lowest BCUT2D eigenvalue weighted by Crippen LogP contribution is -2.36. The maximum atomic E-state index is 13.8. The number of carbonyl (C=O) groups excluding carboxylic acids is 2. The molecular weight excluding hydrogens is 306 g/mol. The lowest BCUT2D eigenvalue weighted by atomic mass is 9.85. The van der Waals surface area contributed by atoms with E-state index in [9.17, 15) is 28.5 Å². The van der Waals surface area contributed by atoms with Crippen molar-refractivity contribution in [2.45, 2.75) is 5.92 Å². The van der Waals surface area contributed by atoms with Crippen LogP contribution < -0.4 is 0 Å². The van der Waals surface area contributed by atoms with Crippen LogP contribution in [0.3, 0.4) is 0 Å². The van der Waals surface area contributed by atoms with Gasteiger partial charge >= 0.3 is 11.9 Å². The van der Waals surface area contributed by atoms with Gasteiger partial charge in [0.1, 0.15) is 11.6 Å². The molecule has 22 heavy (non-hydrogen) atoms. The molecule has 10 heteroatoms. The molecule has 0 amide bonds. The molecule has 0 radical (unpaired) electrons. The zero-order chi connectivity index (χ0) is 16.9. The number of hydrogen-bond acceptors (Lipinski definition) is 7. The first-order chi connectivity index (χ1) is 10.3. The van der Waals surface area contributed by atoms with E-state index in [1.54, 1.807) is 0 Å². The highest BCUT2D eigenvalue weighted by Gasteiger charge is 2.43. The van der Waals surface area contributed by atoms with Gasteiger partial charge in [0, 0.05) is 10.5 Å². The van der Waals surface area contributed by atoms with Crippen LogP contribution in [0, 0.1) is 27.7 Å². The van der Waals surface area contributed by atoms with Gasteiger partial charge in [-0.2, -0.15) is 0 Å². The molecule has 1 unspecified atom stereocenters. The third-order valence-corrected chi connectivity index (χ3v) is 2.92. The fourth-order valence-corrected chi connectivity index (χ4v) is 1.98. The first kappa shape index (κ1) is 17.4. The molecule has 0 N–H and O–H groups in total. The average molecular weight is 318 g/mol. The van der Waals surface area contributed by atoms with E-state index in [1.807, 2.05) is 0 Å². The summed E-state index contributed by atoms with van der Waals surface area (Å²) in [7, 11) is 1.86. The summed E-state index contributed by atoms with van der Waals surface area (Å²) in [4.78, 5) is 36.6. The number of methoxy groups -OCH3 is 2. The normalized spacial score (nSPS) is 11.9. The summed E-state index contributed by atoms with van der Waals surface area (Å²) >= 11 is 0. The smallest absolute Gasteiger partial charge is 0.320 e. The van der Waals surface area contributed by atoms with Crippen LogP contribution in [0.1, 0.15) is 11.5 Å². The van der Waals surface area contributed by atoms with Crippen molar-refractivity contribution in [3.8, 4) is 0 Å². The van der Waals surface area contributed by atoms with Crippen molar-refractivity contribution in [3.05, 3.63) is 39.7 Å².